The van der Waals surface area contributed by atoms with Gasteiger partial charge in [-0.25, -0.2) is 4.39 Å². The summed E-state index contributed by atoms with van der Waals surface area (Å²) >= 11 is 0. The zero-order valence-corrected chi connectivity index (χ0v) is 25.0. The van der Waals surface area contributed by atoms with Crippen LogP contribution in [0.2, 0.25) is 0 Å². The molecule has 1 aromatic carbocycles. The number of fused-ring (bicyclic) bond motifs is 2. The first-order valence-electron chi connectivity index (χ1n) is 15.4. The van der Waals surface area contributed by atoms with E-state index < -0.39 is 18.0 Å². The highest BCUT2D eigenvalue weighted by Crippen LogP contribution is 2.45. The van der Waals surface area contributed by atoms with Gasteiger partial charge in [0, 0.05) is 38.6 Å². The fraction of sp³-hybridized carbons (Fsp3) is 0.645. The Morgan fingerprint density at radius 2 is 2.09 bits per heavy atom. The van der Waals surface area contributed by atoms with Crippen LogP contribution >= 0.6 is 0 Å². The van der Waals surface area contributed by atoms with Crippen molar-refractivity contribution in [1.29, 1.82) is 5.26 Å². The highest BCUT2D eigenvalue weighted by Gasteiger charge is 2.57. The summed E-state index contributed by atoms with van der Waals surface area (Å²) < 4.78 is 27.5. The summed E-state index contributed by atoms with van der Waals surface area (Å²) in [6.07, 6.45) is 4.08. The van der Waals surface area contributed by atoms with Crippen molar-refractivity contribution in [3.63, 3.8) is 0 Å². The lowest BCUT2D eigenvalue weighted by Crippen LogP contribution is -2.76. The first-order chi connectivity index (χ1) is 20.7. The highest BCUT2D eigenvalue weighted by molar-refractivity contribution is 5.95. The summed E-state index contributed by atoms with van der Waals surface area (Å²) in [4.78, 5) is 35.1. The van der Waals surface area contributed by atoms with E-state index in [1.165, 1.54) is 12.1 Å². The van der Waals surface area contributed by atoms with Gasteiger partial charge < -0.3 is 24.2 Å². The molecule has 6 unspecified atom stereocenters. The lowest BCUT2D eigenvalue weighted by Gasteiger charge is -2.55. The molecule has 6 rings (SSSR count). The maximum atomic E-state index is 14.7. The average Bonchev–Trinajstić information content (AvgIpc) is 3.41. The van der Waals surface area contributed by atoms with Crippen LogP contribution in [0, 0.1) is 23.1 Å². The number of nitriles is 1. The smallest absolute Gasteiger partial charge is 0.246 e. The number of ketones is 1. The third-order valence-electron chi connectivity index (χ3n) is 10.0. The van der Waals surface area contributed by atoms with Crippen molar-refractivity contribution in [3.8, 4) is 11.8 Å². The molecule has 1 spiro atoms. The quantitative estimate of drug-likeness (QED) is 0.466. The van der Waals surface area contributed by atoms with Crippen molar-refractivity contribution in [3.05, 3.63) is 36.7 Å². The molecule has 1 saturated carbocycles. The van der Waals surface area contributed by atoms with Gasteiger partial charge >= 0.3 is 0 Å². The van der Waals surface area contributed by atoms with Crippen molar-refractivity contribution in [2.24, 2.45) is 5.92 Å². The molecule has 1 aliphatic carbocycles. The van der Waals surface area contributed by atoms with Crippen LogP contribution in [0.5, 0.6) is 5.75 Å². The molecule has 0 bridgehead atoms. The van der Waals surface area contributed by atoms with Gasteiger partial charge in [0.1, 0.15) is 17.3 Å². The van der Waals surface area contributed by atoms with Crippen molar-refractivity contribution >= 4 is 17.4 Å². The standard InChI is InChI=1S/C31H42FN7O4/c1-4-25(40)39-16-15-38(17-20(39)11-13-33)29-22-10-12-31(19-37(3)27-23(32)8-5-9-24(27)43-31)28(41)26(22)34-30(35-29)42-18-21-7-6-14-36(21)2/h4-5,8-9,20-22,26,29-30,34-35H,1,6-7,10-12,14-19H2,2-3H3/t20?,21?,22?,26?,29?,30?,31-/m0/s1. The molecule has 12 heteroatoms. The number of likely N-dealkylation sites (N-methyl/N-ethyl adjacent to an activating group) is 2. The molecule has 43 heavy (non-hydrogen) atoms. The number of piperazine rings is 1. The van der Waals surface area contributed by atoms with Gasteiger partial charge in [-0.3, -0.25) is 25.1 Å². The molecule has 2 N–H and O–H groups in total. The van der Waals surface area contributed by atoms with Crippen LogP contribution in [-0.2, 0) is 14.3 Å². The van der Waals surface area contributed by atoms with Crippen LogP contribution in [0.3, 0.4) is 0 Å². The Labute approximate surface area is 252 Å². The number of hydrogen-bond acceptors (Lipinski definition) is 10. The Morgan fingerprint density at radius 1 is 1.26 bits per heavy atom. The van der Waals surface area contributed by atoms with Crippen molar-refractivity contribution in [2.45, 2.75) is 68.3 Å². The fourth-order valence-corrected chi connectivity index (χ4v) is 7.80. The summed E-state index contributed by atoms with van der Waals surface area (Å²) in [5.74, 6) is -0.326. The SMILES string of the molecule is C=CC(=O)N1CCN(C2NC(OCC3CCCN3C)NC3C(=O)[C@]4(CCC32)CN(C)c2c(F)cccc2O4)CC1CC#N. The van der Waals surface area contributed by atoms with E-state index in [-0.39, 0.29) is 48.6 Å². The van der Waals surface area contributed by atoms with Gasteiger partial charge in [0.05, 0.1) is 43.9 Å². The van der Waals surface area contributed by atoms with Crippen LogP contribution in [0.15, 0.2) is 30.9 Å². The number of nitrogens with one attached hydrogen (secondary N) is 2. The number of halogens is 1. The molecule has 11 nitrogen and oxygen atoms in total. The van der Waals surface area contributed by atoms with Crippen LogP contribution < -0.4 is 20.3 Å². The highest BCUT2D eigenvalue weighted by atomic mass is 19.1. The van der Waals surface area contributed by atoms with Crippen molar-refractivity contribution < 1.29 is 23.5 Å². The molecule has 5 aliphatic rings. The maximum absolute atomic E-state index is 14.7. The predicted octanol–water partition coefficient (Wildman–Crippen LogP) is 1.27. The lowest BCUT2D eigenvalue weighted by atomic mass is 9.71. The summed E-state index contributed by atoms with van der Waals surface area (Å²) in [6.45, 7) is 7.00. The number of carbonyl (C=O) groups excluding carboxylic acids is 2. The average molecular weight is 596 g/mol. The number of amides is 1. The second kappa shape index (κ2) is 12.1. The van der Waals surface area contributed by atoms with Gasteiger partial charge in [0.15, 0.2) is 17.7 Å². The monoisotopic (exact) mass is 595 g/mol. The summed E-state index contributed by atoms with van der Waals surface area (Å²) in [6, 6.07) is 6.43. The van der Waals surface area contributed by atoms with Gasteiger partial charge in [-0.15, -0.1) is 0 Å². The van der Waals surface area contributed by atoms with Crippen LogP contribution in [0.4, 0.5) is 10.1 Å². The number of likely N-dealkylation sites (tertiary alicyclic amines) is 1. The fourth-order valence-electron chi connectivity index (χ4n) is 7.80. The zero-order chi connectivity index (χ0) is 30.3. The van der Waals surface area contributed by atoms with Gasteiger partial charge in [0.25, 0.3) is 0 Å². The van der Waals surface area contributed by atoms with E-state index in [2.05, 4.69) is 40.1 Å². The normalized spacial score (nSPS) is 34.8. The number of ether oxygens (including phenoxy) is 2. The zero-order valence-electron chi connectivity index (χ0n) is 25.0. The minimum absolute atomic E-state index is 0.0577. The Morgan fingerprint density at radius 3 is 2.84 bits per heavy atom. The molecular weight excluding hydrogens is 553 g/mol. The number of hydrogen-bond donors (Lipinski definition) is 2. The maximum Gasteiger partial charge on any atom is 0.246 e. The molecule has 7 atom stereocenters. The number of anilines is 1. The predicted molar refractivity (Wildman–Crippen MR) is 158 cm³/mol. The van der Waals surface area contributed by atoms with Gasteiger partial charge in [0.2, 0.25) is 5.91 Å². The van der Waals surface area contributed by atoms with E-state index in [4.69, 9.17) is 9.47 Å². The number of Topliss-reactive ketones (excluding diaryl/α,β-unsaturated/α-hetero) is 1. The van der Waals surface area contributed by atoms with Crippen LogP contribution in [-0.4, -0.2) is 116 Å². The molecule has 4 aliphatic heterocycles. The summed E-state index contributed by atoms with van der Waals surface area (Å²) in [5.41, 5.74) is -0.739. The number of carbonyl (C=O) groups is 2. The van der Waals surface area contributed by atoms with Crippen LogP contribution in [0.25, 0.3) is 0 Å². The molecule has 4 fully saturated rings. The number of rotatable bonds is 6. The number of benzene rings is 1. The molecular formula is C31H42FN7O4. The van der Waals surface area contributed by atoms with Gasteiger partial charge in [-0.2, -0.15) is 5.26 Å². The Kier molecular flexibility index (Phi) is 8.45. The van der Waals surface area contributed by atoms with E-state index in [1.54, 1.807) is 29.0 Å². The molecule has 1 amide bonds. The first kappa shape index (κ1) is 30.0. The summed E-state index contributed by atoms with van der Waals surface area (Å²) in [7, 11) is 3.90. The largest absolute Gasteiger partial charge is 0.475 e. The van der Waals surface area contributed by atoms with Crippen molar-refractivity contribution in [2.75, 3.05) is 58.3 Å². The summed E-state index contributed by atoms with van der Waals surface area (Å²) in [5, 5.41) is 16.6. The van der Waals surface area contributed by atoms with E-state index >= 15 is 0 Å². The molecule has 3 saturated heterocycles. The van der Waals surface area contributed by atoms with E-state index in [1.807, 2.05) is 0 Å². The third kappa shape index (κ3) is 5.53. The van der Waals surface area contributed by atoms with Crippen LogP contribution in [0.1, 0.15) is 32.1 Å². The van der Waals surface area contributed by atoms with Gasteiger partial charge in [-0.05, 0) is 57.5 Å². The van der Waals surface area contributed by atoms with Crippen molar-refractivity contribution in [1.82, 2.24) is 25.3 Å². The Bertz CT molecular complexity index is 1290. The van der Waals surface area contributed by atoms with Gasteiger partial charge in [-0.1, -0.05) is 12.6 Å². The number of nitrogens with zero attached hydrogens (tertiary/aromatic N) is 5. The Hall–Kier alpha value is -3.08. The first-order valence-corrected chi connectivity index (χ1v) is 15.4. The molecule has 232 valence electrons. The molecule has 1 aromatic rings. The Balaban J connectivity index is 1.26. The minimum atomic E-state index is -1.11. The third-order valence-corrected chi connectivity index (χ3v) is 10.0. The minimum Gasteiger partial charge on any atom is -0.475 e. The topological polar surface area (TPSA) is 113 Å². The molecule has 4 heterocycles. The van der Waals surface area contributed by atoms with E-state index in [9.17, 15) is 19.2 Å². The second-order valence-electron chi connectivity index (χ2n) is 12.6. The van der Waals surface area contributed by atoms with E-state index in [0.29, 0.717) is 56.6 Å². The van der Waals surface area contributed by atoms with E-state index in [0.717, 1.165) is 19.4 Å². The molecule has 0 radical (unpaired) electrons. The second-order valence-corrected chi connectivity index (χ2v) is 12.6. The molecule has 0 aromatic heterocycles. The lowest BCUT2D eigenvalue weighted by molar-refractivity contribution is -0.159. The number of para-hydroxylation sites is 1.